The highest BCUT2D eigenvalue weighted by atomic mass is 16.5. The van der Waals surface area contributed by atoms with Crippen LogP contribution in [0.25, 0.3) is 0 Å². The number of carbonyl (C=O) groups is 2. The van der Waals surface area contributed by atoms with Crippen molar-refractivity contribution < 1.29 is 19.4 Å². The van der Waals surface area contributed by atoms with E-state index in [2.05, 4.69) is 17.9 Å². The summed E-state index contributed by atoms with van der Waals surface area (Å²) in [6.07, 6.45) is 1.19. The van der Waals surface area contributed by atoms with Gasteiger partial charge in [-0.15, -0.1) is 0 Å². The quantitative estimate of drug-likeness (QED) is 0.580. The summed E-state index contributed by atoms with van der Waals surface area (Å²) in [5, 5.41) is 8.08. The molecule has 16 heavy (non-hydrogen) atoms. The third-order valence-electron chi connectivity index (χ3n) is 1.72. The molecular formula is C12H20O4. The second-order valence-corrected chi connectivity index (χ2v) is 2.94. The van der Waals surface area contributed by atoms with Crippen molar-refractivity contribution in [3.8, 4) is 0 Å². The average molecular weight is 228 g/mol. The number of hydrogen-bond acceptors (Lipinski definition) is 3. The summed E-state index contributed by atoms with van der Waals surface area (Å²) in [6, 6.07) is 0. The van der Waals surface area contributed by atoms with Gasteiger partial charge in [-0.25, -0.2) is 9.59 Å². The van der Waals surface area contributed by atoms with Crippen LogP contribution in [0.3, 0.4) is 0 Å². The molecule has 4 heteroatoms. The number of carboxylic acid groups (broad SMARTS) is 1. The lowest BCUT2D eigenvalue weighted by Crippen LogP contribution is -2.05. The first-order valence-electron chi connectivity index (χ1n) is 5.16. The van der Waals surface area contributed by atoms with E-state index in [9.17, 15) is 9.59 Å². The maximum Gasteiger partial charge on any atom is 0.333 e. The van der Waals surface area contributed by atoms with Crippen LogP contribution in [0, 0.1) is 0 Å². The Kier molecular flexibility index (Phi) is 10.5. The van der Waals surface area contributed by atoms with Gasteiger partial charge in [0.15, 0.2) is 0 Å². The first-order valence-corrected chi connectivity index (χ1v) is 5.16. The number of carbonyl (C=O) groups excluding carboxylic acids is 1. The molecule has 0 unspecified atom stereocenters. The summed E-state index contributed by atoms with van der Waals surface area (Å²) in [5.41, 5.74) is 0.803. The average Bonchev–Trinajstić information content (AvgIpc) is 2.27. The lowest BCUT2D eigenvalue weighted by Gasteiger charge is -1.99. The Bertz CT molecular complexity index is 266. The smallest absolute Gasteiger partial charge is 0.333 e. The standard InChI is InChI=1S/C7H12O2.C5H8O2/c1-4-6(3)7(8)9-5-2;1-3-4(2)5(6)7/h3-5H2,1-2H3;2-3H2,1H3,(H,6,7). The van der Waals surface area contributed by atoms with Gasteiger partial charge in [0.1, 0.15) is 0 Å². The van der Waals surface area contributed by atoms with E-state index in [-0.39, 0.29) is 11.5 Å². The Balaban J connectivity index is 0. The minimum Gasteiger partial charge on any atom is -0.478 e. The minimum absolute atomic E-state index is 0.264. The van der Waals surface area contributed by atoms with Crippen LogP contribution in [-0.4, -0.2) is 23.7 Å². The third kappa shape index (κ3) is 8.99. The first kappa shape index (κ1) is 16.8. The summed E-state index contributed by atoms with van der Waals surface area (Å²) in [6.45, 7) is 12.6. The molecule has 0 spiro atoms. The molecule has 0 rings (SSSR count). The molecule has 0 aliphatic carbocycles. The highest BCUT2D eigenvalue weighted by molar-refractivity contribution is 5.87. The molecule has 0 saturated carbocycles. The van der Waals surface area contributed by atoms with Crippen LogP contribution in [0.2, 0.25) is 0 Å². The maximum atomic E-state index is 10.7. The predicted molar refractivity (Wildman–Crippen MR) is 63.1 cm³/mol. The third-order valence-corrected chi connectivity index (χ3v) is 1.72. The largest absolute Gasteiger partial charge is 0.478 e. The van der Waals surface area contributed by atoms with Crippen molar-refractivity contribution in [3.05, 3.63) is 24.3 Å². The summed E-state index contributed by atoms with van der Waals surface area (Å²) >= 11 is 0. The van der Waals surface area contributed by atoms with E-state index in [0.717, 1.165) is 0 Å². The molecule has 1 N–H and O–H groups in total. The fourth-order valence-electron chi connectivity index (χ4n) is 0.529. The Morgan fingerprint density at radius 3 is 1.69 bits per heavy atom. The van der Waals surface area contributed by atoms with Gasteiger partial charge in [-0.2, -0.15) is 0 Å². The Labute approximate surface area is 96.6 Å². The van der Waals surface area contributed by atoms with Crippen LogP contribution >= 0.6 is 0 Å². The molecule has 4 nitrogen and oxygen atoms in total. The Morgan fingerprint density at radius 1 is 1.06 bits per heavy atom. The van der Waals surface area contributed by atoms with Crippen molar-refractivity contribution in [1.82, 2.24) is 0 Å². The maximum absolute atomic E-state index is 10.7. The van der Waals surface area contributed by atoms with Crippen molar-refractivity contribution in [3.63, 3.8) is 0 Å². The Hall–Kier alpha value is -1.58. The zero-order valence-electron chi connectivity index (χ0n) is 10.2. The molecule has 0 aliphatic heterocycles. The summed E-state index contributed by atoms with van der Waals surface area (Å²) in [5.74, 6) is -1.18. The van der Waals surface area contributed by atoms with E-state index in [1.165, 1.54) is 0 Å². The molecule has 0 radical (unpaired) electrons. The second kappa shape index (κ2) is 9.96. The topological polar surface area (TPSA) is 63.6 Å². The van der Waals surface area contributed by atoms with Gasteiger partial charge < -0.3 is 9.84 Å². The van der Waals surface area contributed by atoms with Gasteiger partial charge in [-0.05, 0) is 19.8 Å². The van der Waals surface area contributed by atoms with Crippen molar-refractivity contribution in [1.29, 1.82) is 0 Å². The highest BCUT2D eigenvalue weighted by Crippen LogP contribution is 1.98. The number of ether oxygens (including phenoxy) is 1. The van der Waals surface area contributed by atoms with Crippen LogP contribution in [-0.2, 0) is 14.3 Å². The fourth-order valence-corrected chi connectivity index (χ4v) is 0.529. The predicted octanol–water partition coefficient (Wildman–Crippen LogP) is 2.55. The first-order chi connectivity index (χ1) is 7.40. The summed E-state index contributed by atoms with van der Waals surface area (Å²) in [4.78, 5) is 20.5. The molecule has 92 valence electrons. The van der Waals surface area contributed by atoms with Gasteiger partial charge in [-0.3, -0.25) is 0 Å². The minimum atomic E-state index is -0.900. The van der Waals surface area contributed by atoms with Crippen LogP contribution < -0.4 is 0 Å². The van der Waals surface area contributed by atoms with Gasteiger partial charge in [0, 0.05) is 11.1 Å². The van der Waals surface area contributed by atoms with Crippen LogP contribution in [0.15, 0.2) is 24.3 Å². The van der Waals surface area contributed by atoms with E-state index < -0.39 is 5.97 Å². The van der Waals surface area contributed by atoms with Crippen molar-refractivity contribution >= 4 is 11.9 Å². The van der Waals surface area contributed by atoms with Gasteiger partial charge in [0.05, 0.1) is 6.61 Å². The number of esters is 1. The van der Waals surface area contributed by atoms with Crippen molar-refractivity contribution in [2.75, 3.05) is 6.61 Å². The highest BCUT2D eigenvalue weighted by Gasteiger charge is 2.02. The molecule has 0 aromatic rings. The van der Waals surface area contributed by atoms with E-state index in [1.807, 2.05) is 6.92 Å². The molecule has 0 saturated heterocycles. The van der Waals surface area contributed by atoms with Crippen molar-refractivity contribution in [2.24, 2.45) is 0 Å². The van der Waals surface area contributed by atoms with Gasteiger partial charge in [-0.1, -0.05) is 27.0 Å². The zero-order valence-corrected chi connectivity index (χ0v) is 10.2. The fraction of sp³-hybridized carbons (Fsp3) is 0.500. The SMILES string of the molecule is C=C(CC)C(=O)O.C=C(CC)C(=O)OCC. The van der Waals surface area contributed by atoms with Crippen molar-refractivity contribution in [2.45, 2.75) is 33.6 Å². The van der Waals surface area contributed by atoms with Crippen LogP contribution in [0.1, 0.15) is 33.6 Å². The van der Waals surface area contributed by atoms with Gasteiger partial charge in [0.25, 0.3) is 0 Å². The molecule has 0 amide bonds. The van der Waals surface area contributed by atoms with Gasteiger partial charge >= 0.3 is 11.9 Å². The number of carboxylic acids is 1. The van der Waals surface area contributed by atoms with Crippen LogP contribution in [0.4, 0.5) is 0 Å². The lowest BCUT2D eigenvalue weighted by molar-refractivity contribution is -0.138. The molecule has 0 bridgehead atoms. The number of rotatable bonds is 5. The Morgan fingerprint density at radius 2 is 1.50 bits per heavy atom. The van der Waals surface area contributed by atoms with E-state index in [1.54, 1.807) is 13.8 Å². The van der Waals surface area contributed by atoms with Gasteiger partial charge in [0.2, 0.25) is 0 Å². The van der Waals surface area contributed by atoms with E-state index in [4.69, 9.17) is 5.11 Å². The van der Waals surface area contributed by atoms with E-state index in [0.29, 0.717) is 25.0 Å². The molecule has 0 atom stereocenters. The summed E-state index contributed by atoms with van der Waals surface area (Å²) in [7, 11) is 0. The second-order valence-electron chi connectivity index (χ2n) is 2.94. The monoisotopic (exact) mass is 228 g/mol. The molecular weight excluding hydrogens is 208 g/mol. The summed E-state index contributed by atoms with van der Waals surface area (Å²) < 4.78 is 4.66. The van der Waals surface area contributed by atoms with Crippen LogP contribution in [0.5, 0.6) is 0 Å². The molecule has 0 heterocycles. The lowest BCUT2D eigenvalue weighted by atomic mass is 10.2. The zero-order chi connectivity index (χ0) is 13.1. The molecule has 0 aliphatic rings. The normalized spacial score (nSPS) is 8.44. The number of hydrogen-bond donors (Lipinski definition) is 1. The molecule has 0 aromatic carbocycles. The van der Waals surface area contributed by atoms with E-state index >= 15 is 0 Å². The molecule has 0 aromatic heterocycles. The number of aliphatic carboxylic acids is 1. The molecule has 0 fully saturated rings.